The van der Waals surface area contributed by atoms with Crippen LogP contribution in [0.2, 0.25) is 0 Å². The van der Waals surface area contributed by atoms with Gasteiger partial charge in [-0.3, -0.25) is 9.97 Å². The van der Waals surface area contributed by atoms with E-state index in [1.807, 2.05) is 36.6 Å². The number of pyridine rings is 2. The van der Waals surface area contributed by atoms with Crippen molar-refractivity contribution in [3.8, 4) is 23.1 Å². The molecule has 3 nitrogen and oxygen atoms in total. The Balaban J connectivity index is 1.82. The van der Waals surface area contributed by atoms with Crippen LogP contribution < -0.4 is 0 Å². The fraction of sp³-hybridized carbons (Fsp3) is 0.0625. The molecule has 0 saturated carbocycles. The molecule has 0 unspecified atom stereocenters. The van der Waals surface area contributed by atoms with Gasteiger partial charge in [0.2, 0.25) is 0 Å². The smallest absolute Gasteiger partial charge is 0.124 e. The van der Waals surface area contributed by atoms with E-state index in [4.69, 9.17) is 0 Å². The number of rotatable bonds is 1. The van der Waals surface area contributed by atoms with Crippen molar-refractivity contribution in [2.24, 2.45) is 0 Å². The van der Waals surface area contributed by atoms with Crippen LogP contribution in [-0.4, -0.2) is 15.0 Å². The fourth-order valence-electron chi connectivity index (χ4n) is 1.71. The molecule has 96 valence electrons. The highest BCUT2D eigenvalue weighted by molar-refractivity contribution is 7.09. The second-order valence-electron chi connectivity index (χ2n) is 4.18. The summed E-state index contributed by atoms with van der Waals surface area (Å²) in [5.74, 6) is 6.11. The molecule has 4 heteroatoms. The standard InChI is InChI=1S/C16H11N3S/c1-12-19-15(11-20-12)6-4-13-5-7-16(18-9-13)14-3-2-8-17-10-14/h2-3,5,7-11H,1H3/i15+2. The van der Waals surface area contributed by atoms with Crippen molar-refractivity contribution in [2.45, 2.75) is 6.92 Å². The third-order valence-corrected chi connectivity index (χ3v) is 3.45. The van der Waals surface area contributed by atoms with E-state index < -0.39 is 0 Å². The Morgan fingerprint density at radius 1 is 1.20 bits per heavy atom. The molecular weight excluding hydrogens is 268 g/mol. The molecule has 0 radical (unpaired) electrons. The van der Waals surface area contributed by atoms with Crippen LogP contribution in [0.25, 0.3) is 11.3 Å². The highest BCUT2D eigenvalue weighted by Gasteiger charge is 1.98. The molecule has 3 aromatic rings. The fourth-order valence-corrected chi connectivity index (χ4v) is 2.25. The van der Waals surface area contributed by atoms with Crippen molar-refractivity contribution >= 4 is 11.3 Å². The number of aromatic nitrogens is 3. The van der Waals surface area contributed by atoms with Gasteiger partial charge in [0, 0.05) is 35.1 Å². The van der Waals surface area contributed by atoms with Crippen LogP contribution in [0.4, 0.5) is 0 Å². The Bertz CT molecular complexity index is 765. The number of thiazole rings is 1. The van der Waals surface area contributed by atoms with Gasteiger partial charge in [-0.15, -0.1) is 11.3 Å². The van der Waals surface area contributed by atoms with Crippen LogP contribution in [0.5, 0.6) is 0 Å². The molecule has 0 N–H and O–H groups in total. The van der Waals surface area contributed by atoms with Crippen molar-refractivity contribution in [1.82, 2.24) is 15.0 Å². The minimum absolute atomic E-state index is 0.809. The van der Waals surface area contributed by atoms with E-state index in [-0.39, 0.29) is 0 Å². The van der Waals surface area contributed by atoms with Crippen molar-refractivity contribution in [3.63, 3.8) is 0 Å². The topological polar surface area (TPSA) is 38.7 Å². The van der Waals surface area contributed by atoms with Crippen LogP contribution in [0, 0.1) is 18.8 Å². The van der Waals surface area contributed by atoms with E-state index in [9.17, 15) is 0 Å². The lowest BCUT2D eigenvalue weighted by Gasteiger charge is -1.99. The van der Waals surface area contributed by atoms with Gasteiger partial charge >= 0.3 is 0 Å². The lowest BCUT2D eigenvalue weighted by Crippen LogP contribution is -1.85. The van der Waals surface area contributed by atoms with Crippen LogP contribution in [0.1, 0.15) is 16.3 Å². The second kappa shape index (κ2) is 5.64. The van der Waals surface area contributed by atoms with Gasteiger partial charge in [0.25, 0.3) is 0 Å². The zero-order valence-corrected chi connectivity index (χ0v) is 11.7. The number of hydrogen-bond donors (Lipinski definition) is 0. The molecule has 0 aliphatic heterocycles. The first kappa shape index (κ1) is 12.5. The maximum absolute atomic E-state index is 4.41. The van der Waals surface area contributed by atoms with Gasteiger partial charge in [0.1, 0.15) is 5.69 Å². The molecule has 0 fully saturated rings. The van der Waals surface area contributed by atoms with E-state index >= 15 is 0 Å². The SMILES string of the molecule is Cc1n[14c](C#Cc2ccc(-c3cccnc3)nc2)cs1. The van der Waals surface area contributed by atoms with Gasteiger partial charge in [-0.05, 0) is 37.1 Å². The lowest BCUT2D eigenvalue weighted by molar-refractivity contribution is 1.26. The van der Waals surface area contributed by atoms with Crippen LogP contribution in [-0.2, 0) is 0 Å². The summed E-state index contributed by atoms with van der Waals surface area (Å²) in [6, 6.07) is 7.79. The second-order valence-corrected chi connectivity index (χ2v) is 5.24. The average Bonchev–Trinajstić information content (AvgIpc) is 2.92. The summed E-state index contributed by atoms with van der Waals surface area (Å²) in [6.45, 7) is 1.97. The van der Waals surface area contributed by atoms with Crippen LogP contribution in [0.3, 0.4) is 0 Å². The summed E-state index contributed by atoms with van der Waals surface area (Å²) in [5, 5.41) is 2.99. The van der Waals surface area contributed by atoms with Crippen molar-refractivity contribution in [3.05, 3.63) is 64.5 Å². The Hall–Kier alpha value is -2.51. The lowest BCUT2D eigenvalue weighted by atomic mass is 10.2. The van der Waals surface area contributed by atoms with E-state index in [1.165, 1.54) is 0 Å². The van der Waals surface area contributed by atoms with Gasteiger partial charge in [0.15, 0.2) is 0 Å². The maximum atomic E-state index is 4.41. The highest BCUT2D eigenvalue weighted by Crippen LogP contribution is 2.14. The highest BCUT2D eigenvalue weighted by atomic mass is 32.1. The molecule has 3 aromatic heterocycles. The van der Waals surface area contributed by atoms with Gasteiger partial charge in [-0.1, -0.05) is 5.92 Å². The molecular formula is C16H11N3S. The molecule has 3 rings (SSSR count). The van der Waals surface area contributed by atoms with E-state index in [0.717, 1.165) is 27.5 Å². The first-order valence-corrected chi connectivity index (χ1v) is 7.00. The van der Waals surface area contributed by atoms with Gasteiger partial charge in [-0.25, -0.2) is 4.98 Å². The van der Waals surface area contributed by atoms with Crippen molar-refractivity contribution < 1.29 is 0 Å². The first-order chi connectivity index (χ1) is 9.81. The zero-order valence-electron chi connectivity index (χ0n) is 10.9. The minimum atomic E-state index is 0.809. The molecule has 0 aliphatic rings. The van der Waals surface area contributed by atoms with Crippen molar-refractivity contribution in [1.29, 1.82) is 0 Å². The molecule has 0 aliphatic carbocycles. The zero-order chi connectivity index (χ0) is 13.8. The molecule has 0 aromatic carbocycles. The Morgan fingerprint density at radius 3 is 2.80 bits per heavy atom. The summed E-state index contributed by atoms with van der Waals surface area (Å²) in [6.07, 6.45) is 5.32. The molecule has 0 amide bonds. The summed E-state index contributed by atoms with van der Waals surface area (Å²) >= 11 is 1.60. The number of aryl methyl sites for hydroxylation is 1. The summed E-state index contributed by atoms with van der Waals surface area (Å²) in [4.78, 5) is 12.8. The monoisotopic (exact) mass is 279 g/mol. The first-order valence-electron chi connectivity index (χ1n) is 6.12. The van der Waals surface area contributed by atoms with E-state index in [2.05, 4.69) is 26.8 Å². The Labute approximate surface area is 121 Å². The third kappa shape index (κ3) is 2.90. The quantitative estimate of drug-likeness (QED) is 0.641. The molecule has 0 spiro atoms. The van der Waals surface area contributed by atoms with E-state index in [1.54, 1.807) is 29.9 Å². The minimum Gasteiger partial charge on any atom is -0.264 e. The molecule has 3 heterocycles. The van der Waals surface area contributed by atoms with Gasteiger partial charge in [0.05, 0.1) is 10.7 Å². The molecule has 0 atom stereocenters. The average molecular weight is 279 g/mol. The van der Waals surface area contributed by atoms with Crippen LogP contribution >= 0.6 is 11.3 Å². The molecule has 0 bridgehead atoms. The summed E-state index contributed by atoms with van der Waals surface area (Å²) < 4.78 is 0. The Kier molecular flexibility index (Phi) is 3.53. The summed E-state index contributed by atoms with van der Waals surface area (Å²) in [7, 11) is 0. The largest absolute Gasteiger partial charge is 0.264 e. The number of hydrogen-bond acceptors (Lipinski definition) is 4. The third-order valence-electron chi connectivity index (χ3n) is 2.67. The van der Waals surface area contributed by atoms with Gasteiger partial charge < -0.3 is 0 Å². The maximum Gasteiger partial charge on any atom is 0.124 e. The summed E-state index contributed by atoms with van der Waals surface area (Å²) in [5.41, 5.74) is 3.59. The predicted octanol–water partition coefficient (Wildman–Crippen LogP) is 3.31. The van der Waals surface area contributed by atoms with Crippen molar-refractivity contribution in [2.75, 3.05) is 0 Å². The number of nitrogens with zero attached hydrogens (tertiary/aromatic N) is 3. The Morgan fingerprint density at radius 2 is 2.15 bits per heavy atom. The predicted molar refractivity (Wildman–Crippen MR) is 80.3 cm³/mol. The van der Waals surface area contributed by atoms with Gasteiger partial charge in [-0.2, -0.15) is 0 Å². The normalized spacial score (nSPS) is 9.85. The van der Waals surface area contributed by atoms with Crippen LogP contribution in [0.15, 0.2) is 48.2 Å². The van der Waals surface area contributed by atoms with E-state index in [0.29, 0.717) is 0 Å². The molecule has 20 heavy (non-hydrogen) atoms. The molecule has 0 saturated heterocycles.